The summed E-state index contributed by atoms with van der Waals surface area (Å²) in [6, 6.07) is 6.19. The Bertz CT molecular complexity index is 342. The van der Waals surface area contributed by atoms with Crippen molar-refractivity contribution in [1.29, 1.82) is 0 Å². The van der Waals surface area contributed by atoms with Gasteiger partial charge in [0, 0.05) is 18.8 Å². The van der Waals surface area contributed by atoms with Crippen molar-refractivity contribution in [3.63, 3.8) is 0 Å². The van der Waals surface area contributed by atoms with E-state index in [1.165, 1.54) is 12.1 Å². The second-order valence-corrected chi connectivity index (χ2v) is 3.25. The molecule has 0 spiro atoms. The number of carbonyl (C=O) groups excluding carboxylic acids is 1. The fourth-order valence-electron chi connectivity index (χ4n) is 1.51. The first kappa shape index (κ1) is 11.8. The van der Waals surface area contributed by atoms with Crippen LogP contribution in [0, 0.1) is 5.82 Å². The predicted molar refractivity (Wildman–Crippen MR) is 58.9 cm³/mol. The SMILES string of the molecule is Cl.O=C1CN(c2ccc(F)cc2)CCN1. The van der Waals surface area contributed by atoms with Gasteiger partial charge in [0.2, 0.25) is 5.91 Å². The summed E-state index contributed by atoms with van der Waals surface area (Å²) < 4.78 is 12.6. The number of halogens is 2. The monoisotopic (exact) mass is 230 g/mol. The van der Waals surface area contributed by atoms with Crippen molar-refractivity contribution in [1.82, 2.24) is 5.32 Å². The molecule has 0 atom stereocenters. The second-order valence-electron chi connectivity index (χ2n) is 3.25. The maximum absolute atomic E-state index is 12.6. The molecular formula is C10H12ClFN2O. The number of amides is 1. The average Bonchev–Trinajstić information content (AvgIpc) is 2.19. The number of nitrogens with zero attached hydrogens (tertiary/aromatic N) is 1. The topological polar surface area (TPSA) is 32.3 Å². The number of carbonyl (C=O) groups is 1. The van der Waals surface area contributed by atoms with E-state index in [1.807, 2.05) is 4.90 Å². The van der Waals surface area contributed by atoms with Gasteiger partial charge in [-0.1, -0.05) is 0 Å². The first-order valence-corrected chi connectivity index (χ1v) is 4.53. The summed E-state index contributed by atoms with van der Waals surface area (Å²) in [5, 5.41) is 2.74. The number of rotatable bonds is 1. The summed E-state index contributed by atoms with van der Waals surface area (Å²) >= 11 is 0. The average molecular weight is 231 g/mol. The van der Waals surface area contributed by atoms with E-state index >= 15 is 0 Å². The molecule has 0 aromatic heterocycles. The number of anilines is 1. The van der Waals surface area contributed by atoms with Crippen molar-refractivity contribution in [2.75, 3.05) is 24.5 Å². The van der Waals surface area contributed by atoms with Gasteiger partial charge in [0.25, 0.3) is 0 Å². The van der Waals surface area contributed by atoms with E-state index in [0.717, 1.165) is 12.2 Å². The number of benzene rings is 1. The van der Waals surface area contributed by atoms with E-state index in [-0.39, 0.29) is 24.1 Å². The molecule has 1 aliphatic rings. The van der Waals surface area contributed by atoms with Crippen molar-refractivity contribution >= 4 is 24.0 Å². The third-order valence-electron chi connectivity index (χ3n) is 2.23. The zero-order valence-corrected chi connectivity index (χ0v) is 8.89. The summed E-state index contributed by atoms with van der Waals surface area (Å²) in [6.45, 7) is 1.78. The Morgan fingerprint density at radius 3 is 2.53 bits per heavy atom. The molecule has 2 rings (SSSR count). The van der Waals surface area contributed by atoms with Gasteiger partial charge in [-0.15, -0.1) is 12.4 Å². The molecule has 0 saturated carbocycles. The summed E-state index contributed by atoms with van der Waals surface area (Å²) in [7, 11) is 0. The Labute approximate surface area is 93.7 Å². The third-order valence-corrected chi connectivity index (χ3v) is 2.23. The predicted octanol–water partition coefficient (Wildman–Crippen LogP) is 1.18. The second kappa shape index (κ2) is 4.98. The minimum atomic E-state index is -0.254. The third kappa shape index (κ3) is 2.83. The lowest BCUT2D eigenvalue weighted by Gasteiger charge is -2.28. The number of hydrogen-bond acceptors (Lipinski definition) is 2. The van der Waals surface area contributed by atoms with E-state index in [1.54, 1.807) is 12.1 Å². The first-order valence-electron chi connectivity index (χ1n) is 4.53. The van der Waals surface area contributed by atoms with Gasteiger partial charge in [-0.2, -0.15) is 0 Å². The molecule has 1 saturated heterocycles. The lowest BCUT2D eigenvalue weighted by Crippen LogP contribution is -2.47. The lowest BCUT2D eigenvalue weighted by molar-refractivity contribution is -0.120. The van der Waals surface area contributed by atoms with E-state index in [0.29, 0.717) is 13.1 Å². The molecule has 0 bridgehead atoms. The summed E-state index contributed by atoms with van der Waals surface area (Å²) in [5.41, 5.74) is 0.890. The highest BCUT2D eigenvalue weighted by Crippen LogP contribution is 2.14. The van der Waals surface area contributed by atoms with Crippen molar-refractivity contribution in [2.24, 2.45) is 0 Å². The smallest absolute Gasteiger partial charge is 0.239 e. The Morgan fingerprint density at radius 1 is 1.27 bits per heavy atom. The molecule has 0 aliphatic carbocycles. The van der Waals surface area contributed by atoms with Crippen LogP contribution in [0.4, 0.5) is 10.1 Å². The Hall–Kier alpha value is -1.29. The van der Waals surface area contributed by atoms with Crippen LogP contribution >= 0.6 is 12.4 Å². The molecule has 0 radical (unpaired) electrons. The van der Waals surface area contributed by atoms with Crippen LogP contribution in [-0.4, -0.2) is 25.5 Å². The summed E-state index contributed by atoms with van der Waals surface area (Å²) in [5.74, 6) is -0.240. The van der Waals surface area contributed by atoms with Gasteiger partial charge in [0.1, 0.15) is 5.82 Å². The number of piperazine rings is 1. The van der Waals surface area contributed by atoms with Crippen LogP contribution in [0.5, 0.6) is 0 Å². The molecule has 1 aromatic carbocycles. The van der Waals surface area contributed by atoms with Crippen molar-refractivity contribution < 1.29 is 9.18 Å². The minimum Gasteiger partial charge on any atom is -0.360 e. The Kier molecular flexibility index (Phi) is 3.91. The molecule has 1 aliphatic heterocycles. The molecule has 5 heteroatoms. The molecule has 1 aromatic rings. The summed E-state index contributed by atoms with van der Waals surface area (Å²) in [4.78, 5) is 13.0. The standard InChI is InChI=1S/C10H11FN2O.ClH/c11-8-1-3-9(4-2-8)13-6-5-12-10(14)7-13;/h1-4H,5-7H2,(H,12,14);1H. The van der Waals surface area contributed by atoms with Gasteiger partial charge < -0.3 is 10.2 Å². The molecule has 82 valence electrons. The van der Waals surface area contributed by atoms with Crippen molar-refractivity contribution in [2.45, 2.75) is 0 Å². The fraction of sp³-hybridized carbons (Fsp3) is 0.300. The van der Waals surface area contributed by atoms with Crippen LogP contribution < -0.4 is 10.2 Å². The molecule has 1 N–H and O–H groups in total. The van der Waals surface area contributed by atoms with Crippen LogP contribution in [0.2, 0.25) is 0 Å². The fourth-order valence-corrected chi connectivity index (χ4v) is 1.51. The summed E-state index contributed by atoms with van der Waals surface area (Å²) in [6.07, 6.45) is 0. The van der Waals surface area contributed by atoms with Crippen LogP contribution in [0.25, 0.3) is 0 Å². The van der Waals surface area contributed by atoms with Crippen LogP contribution in [-0.2, 0) is 4.79 Å². The van der Waals surface area contributed by atoms with Gasteiger partial charge in [0.15, 0.2) is 0 Å². The van der Waals surface area contributed by atoms with E-state index in [2.05, 4.69) is 5.32 Å². The van der Waals surface area contributed by atoms with Crippen LogP contribution in [0.3, 0.4) is 0 Å². The normalized spacial score (nSPS) is 15.5. The molecule has 1 amide bonds. The quantitative estimate of drug-likeness (QED) is 0.786. The highest BCUT2D eigenvalue weighted by atomic mass is 35.5. The Morgan fingerprint density at radius 2 is 1.93 bits per heavy atom. The molecular weight excluding hydrogens is 219 g/mol. The van der Waals surface area contributed by atoms with E-state index in [9.17, 15) is 9.18 Å². The van der Waals surface area contributed by atoms with Gasteiger partial charge in [-0.05, 0) is 24.3 Å². The van der Waals surface area contributed by atoms with Gasteiger partial charge >= 0.3 is 0 Å². The van der Waals surface area contributed by atoms with Crippen molar-refractivity contribution in [3.05, 3.63) is 30.1 Å². The maximum atomic E-state index is 12.6. The molecule has 3 nitrogen and oxygen atoms in total. The molecule has 15 heavy (non-hydrogen) atoms. The lowest BCUT2D eigenvalue weighted by atomic mass is 10.2. The first-order chi connectivity index (χ1) is 6.75. The van der Waals surface area contributed by atoms with E-state index in [4.69, 9.17) is 0 Å². The maximum Gasteiger partial charge on any atom is 0.239 e. The minimum absolute atomic E-state index is 0. The van der Waals surface area contributed by atoms with Gasteiger partial charge in [0.05, 0.1) is 6.54 Å². The highest BCUT2D eigenvalue weighted by molar-refractivity contribution is 5.85. The zero-order chi connectivity index (χ0) is 9.97. The Balaban J connectivity index is 0.00000112. The molecule has 0 unspecified atom stereocenters. The molecule has 1 fully saturated rings. The van der Waals surface area contributed by atoms with Gasteiger partial charge in [-0.25, -0.2) is 4.39 Å². The zero-order valence-electron chi connectivity index (χ0n) is 8.07. The molecule has 1 heterocycles. The van der Waals surface area contributed by atoms with Gasteiger partial charge in [-0.3, -0.25) is 4.79 Å². The largest absolute Gasteiger partial charge is 0.360 e. The van der Waals surface area contributed by atoms with E-state index < -0.39 is 0 Å². The van der Waals surface area contributed by atoms with Crippen LogP contribution in [0.1, 0.15) is 0 Å². The van der Waals surface area contributed by atoms with Crippen LogP contribution in [0.15, 0.2) is 24.3 Å². The van der Waals surface area contributed by atoms with Crippen molar-refractivity contribution in [3.8, 4) is 0 Å². The number of nitrogens with one attached hydrogen (secondary N) is 1. The highest BCUT2D eigenvalue weighted by Gasteiger charge is 2.15. The number of hydrogen-bond donors (Lipinski definition) is 1.